The van der Waals surface area contributed by atoms with Crippen molar-refractivity contribution in [3.8, 4) is 22.6 Å². The molecule has 0 spiro atoms. The zero-order chi connectivity index (χ0) is 21.5. The van der Waals surface area contributed by atoms with Crippen molar-refractivity contribution in [1.82, 2.24) is 34.7 Å². The van der Waals surface area contributed by atoms with Gasteiger partial charge in [0.05, 0.1) is 11.4 Å². The molecule has 1 N–H and O–H groups in total. The van der Waals surface area contributed by atoms with Crippen molar-refractivity contribution >= 4 is 5.65 Å². The minimum absolute atomic E-state index is 0.297. The summed E-state index contributed by atoms with van der Waals surface area (Å²) >= 11 is 0. The fourth-order valence-electron chi connectivity index (χ4n) is 4.69. The Morgan fingerprint density at radius 3 is 2.65 bits per heavy atom. The van der Waals surface area contributed by atoms with Crippen molar-refractivity contribution < 1.29 is 0 Å². The van der Waals surface area contributed by atoms with Gasteiger partial charge in [-0.2, -0.15) is 10.2 Å². The molecule has 7 heteroatoms. The lowest BCUT2D eigenvalue weighted by Crippen LogP contribution is -2.29. The van der Waals surface area contributed by atoms with Crippen LogP contribution in [0.5, 0.6) is 0 Å². The number of fused-ring (bicyclic) bond motifs is 1. The topological polar surface area (TPSA) is 75.0 Å². The van der Waals surface area contributed by atoms with Gasteiger partial charge in [-0.3, -0.25) is 10.1 Å². The van der Waals surface area contributed by atoms with Crippen molar-refractivity contribution in [2.24, 2.45) is 0 Å². The van der Waals surface area contributed by atoms with Crippen LogP contribution in [0.4, 0.5) is 0 Å². The lowest BCUT2D eigenvalue weighted by atomic mass is 9.90. The molecule has 1 saturated heterocycles. The molecule has 0 saturated carbocycles. The molecule has 0 radical (unpaired) electrons. The second-order valence-corrected chi connectivity index (χ2v) is 9.01. The first-order chi connectivity index (χ1) is 15.0. The van der Waals surface area contributed by atoms with Gasteiger partial charge < -0.3 is 4.90 Å². The number of pyridine rings is 2. The molecule has 1 aliphatic heterocycles. The number of hydrogen-bond donors (Lipinski definition) is 1. The SMILES string of the molecule is Cc1cc(-c2[nH]nc(-c3ccc(C4CCN(C)CC4)cn3)c2C(C)C)cn2ncnc12. The maximum Gasteiger partial charge on any atom is 0.158 e. The highest BCUT2D eigenvalue weighted by Gasteiger charge is 2.22. The maximum atomic E-state index is 4.83. The van der Waals surface area contributed by atoms with E-state index >= 15 is 0 Å². The minimum Gasteiger partial charge on any atom is -0.306 e. The first-order valence-corrected chi connectivity index (χ1v) is 11.0. The van der Waals surface area contributed by atoms with Crippen molar-refractivity contribution in [2.45, 2.75) is 45.4 Å². The number of rotatable bonds is 4. The molecule has 0 unspecified atom stereocenters. The van der Waals surface area contributed by atoms with Crippen molar-refractivity contribution in [2.75, 3.05) is 20.1 Å². The molecule has 1 fully saturated rings. The number of piperidine rings is 1. The zero-order valence-electron chi connectivity index (χ0n) is 18.6. The second kappa shape index (κ2) is 7.89. The molecule has 7 nitrogen and oxygen atoms in total. The number of nitrogens with zero attached hydrogens (tertiary/aromatic N) is 6. The fraction of sp³-hybridized carbons (Fsp3) is 0.417. The predicted octanol–water partition coefficient (Wildman–Crippen LogP) is 4.42. The van der Waals surface area contributed by atoms with Crippen LogP contribution in [0.15, 0.2) is 36.9 Å². The molecule has 4 aromatic heterocycles. The number of aromatic amines is 1. The predicted molar refractivity (Wildman–Crippen MR) is 122 cm³/mol. The molecule has 5 rings (SSSR count). The quantitative estimate of drug-likeness (QED) is 0.534. The molecule has 5 heterocycles. The third-order valence-electron chi connectivity index (χ3n) is 6.45. The molecule has 1 aliphatic rings. The van der Waals surface area contributed by atoms with Gasteiger partial charge in [0.15, 0.2) is 5.65 Å². The molecule has 0 amide bonds. The van der Waals surface area contributed by atoms with E-state index in [1.54, 1.807) is 6.33 Å². The van der Waals surface area contributed by atoms with Crippen LogP contribution in [0, 0.1) is 6.92 Å². The highest BCUT2D eigenvalue weighted by Crippen LogP contribution is 2.36. The molecule has 0 bridgehead atoms. The molecule has 0 aliphatic carbocycles. The van der Waals surface area contributed by atoms with Gasteiger partial charge in [-0.25, -0.2) is 9.50 Å². The van der Waals surface area contributed by atoms with Gasteiger partial charge in [0, 0.05) is 23.5 Å². The van der Waals surface area contributed by atoms with Gasteiger partial charge in [0.25, 0.3) is 0 Å². The van der Waals surface area contributed by atoms with E-state index in [1.807, 2.05) is 10.7 Å². The van der Waals surface area contributed by atoms with Crippen LogP contribution in [0.3, 0.4) is 0 Å². The van der Waals surface area contributed by atoms with Gasteiger partial charge in [-0.1, -0.05) is 19.9 Å². The number of hydrogen-bond acceptors (Lipinski definition) is 5. The molecule has 4 aromatic rings. The van der Waals surface area contributed by atoms with E-state index in [9.17, 15) is 0 Å². The Hall–Kier alpha value is -3.06. The van der Waals surface area contributed by atoms with Crippen LogP contribution in [0.2, 0.25) is 0 Å². The number of aromatic nitrogens is 6. The summed E-state index contributed by atoms with van der Waals surface area (Å²) in [5.41, 5.74) is 8.40. The largest absolute Gasteiger partial charge is 0.306 e. The lowest BCUT2D eigenvalue weighted by molar-refractivity contribution is 0.255. The maximum absolute atomic E-state index is 4.83. The van der Waals surface area contributed by atoms with E-state index < -0.39 is 0 Å². The Bertz CT molecular complexity index is 1190. The normalized spacial score (nSPS) is 15.9. The fourth-order valence-corrected chi connectivity index (χ4v) is 4.69. The molecular formula is C24H29N7. The summed E-state index contributed by atoms with van der Waals surface area (Å²) in [6, 6.07) is 6.51. The summed E-state index contributed by atoms with van der Waals surface area (Å²) in [6.07, 6.45) is 8.05. The van der Waals surface area contributed by atoms with E-state index in [0.717, 1.165) is 46.9 Å². The van der Waals surface area contributed by atoms with E-state index in [1.165, 1.54) is 24.0 Å². The number of aryl methyl sites for hydroxylation is 1. The second-order valence-electron chi connectivity index (χ2n) is 9.01. The average Bonchev–Trinajstić information content (AvgIpc) is 3.42. The molecule has 0 atom stereocenters. The highest BCUT2D eigenvalue weighted by atomic mass is 15.3. The van der Waals surface area contributed by atoms with Gasteiger partial charge in [-0.05, 0) is 75.0 Å². The first-order valence-electron chi connectivity index (χ1n) is 11.0. The van der Waals surface area contributed by atoms with Gasteiger partial charge in [-0.15, -0.1) is 0 Å². The van der Waals surface area contributed by atoms with Gasteiger partial charge >= 0.3 is 0 Å². The number of likely N-dealkylation sites (tertiary alicyclic amines) is 1. The first kappa shape index (κ1) is 19.9. The smallest absolute Gasteiger partial charge is 0.158 e. The summed E-state index contributed by atoms with van der Waals surface area (Å²) < 4.78 is 1.82. The summed E-state index contributed by atoms with van der Waals surface area (Å²) in [7, 11) is 2.20. The summed E-state index contributed by atoms with van der Waals surface area (Å²) in [5.74, 6) is 0.903. The third-order valence-corrected chi connectivity index (χ3v) is 6.45. The summed E-state index contributed by atoms with van der Waals surface area (Å²) in [5, 5.41) is 12.3. The van der Waals surface area contributed by atoms with Crippen LogP contribution in [-0.2, 0) is 0 Å². The third kappa shape index (κ3) is 3.63. The highest BCUT2D eigenvalue weighted by molar-refractivity contribution is 5.74. The van der Waals surface area contributed by atoms with E-state index in [0.29, 0.717) is 11.8 Å². The molecule has 160 valence electrons. The van der Waals surface area contributed by atoms with E-state index in [-0.39, 0.29) is 0 Å². The molecular weight excluding hydrogens is 386 g/mol. The number of nitrogens with one attached hydrogen (secondary N) is 1. The van der Waals surface area contributed by atoms with Crippen molar-refractivity contribution in [3.63, 3.8) is 0 Å². The van der Waals surface area contributed by atoms with Crippen LogP contribution in [-0.4, -0.2) is 54.8 Å². The van der Waals surface area contributed by atoms with Gasteiger partial charge in [0.1, 0.15) is 12.0 Å². The van der Waals surface area contributed by atoms with E-state index in [4.69, 9.17) is 10.1 Å². The summed E-state index contributed by atoms with van der Waals surface area (Å²) in [6.45, 7) is 8.77. The van der Waals surface area contributed by atoms with Crippen molar-refractivity contribution in [1.29, 1.82) is 0 Å². The Kier molecular flexibility index (Phi) is 5.06. The standard InChI is InChI=1S/C24H29N7/c1-15(2)21-22(19-11-16(3)24-26-14-27-31(24)13-19)28-29-23(21)20-6-5-18(12-25-20)17-7-9-30(4)10-8-17/h5-6,11-15,17H,7-10H2,1-4H3,(H,28,29). The van der Waals surface area contributed by atoms with Gasteiger partial charge in [0.2, 0.25) is 0 Å². The van der Waals surface area contributed by atoms with Crippen LogP contribution >= 0.6 is 0 Å². The Balaban J connectivity index is 1.51. The minimum atomic E-state index is 0.297. The van der Waals surface area contributed by atoms with Crippen LogP contribution < -0.4 is 0 Å². The van der Waals surface area contributed by atoms with E-state index in [2.05, 4.69) is 72.3 Å². The van der Waals surface area contributed by atoms with Crippen molar-refractivity contribution in [3.05, 3.63) is 53.6 Å². The van der Waals surface area contributed by atoms with Crippen LogP contribution in [0.25, 0.3) is 28.3 Å². The zero-order valence-corrected chi connectivity index (χ0v) is 18.6. The number of H-pyrrole nitrogens is 1. The Morgan fingerprint density at radius 2 is 1.94 bits per heavy atom. The molecule has 0 aromatic carbocycles. The lowest BCUT2D eigenvalue weighted by Gasteiger charge is -2.29. The Labute approximate surface area is 182 Å². The molecule has 31 heavy (non-hydrogen) atoms. The summed E-state index contributed by atoms with van der Waals surface area (Å²) in [4.78, 5) is 11.6. The average molecular weight is 416 g/mol. The monoisotopic (exact) mass is 415 g/mol. The van der Waals surface area contributed by atoms with Crippen LogP contribution in [0.1, 0.15) is 55.2 Å². The Morgan fingerprint density at radius 1 is 1.13 bits per heavy atom.